The predicted molar refractivity (Wildman–Crippen MR) is 365 cm³/mol. The lowest BCUT2D eigenvalue weighted by atomic mass is 9.90. The van der Waals surface area contributed by atoms with Gasteiger partial charge >= 0.3 is 0 Å². The Balaban J connectivity index is 1.32. The monoisotopic (exact) mass is 1350 g/mol. The number of aromatic hydroxyl groups is 2. The van der Waals surface area contributed by atoms with Gasteiger partial charge in [-0.15, -0.1) is 0 Å². The molecule has 8 bridgehead atoms. The Kier molecular flexibility index (Phi) is 23.3. The normalized spacial score (nSPS) is 12.1. The van der Waals surface area contributed by atoms with Crippen LogP contribution in [-0.2, 0) is 32.2 Å². The van der Waals surface area contributed by atoms with Crippen molar-refractivity contribution in [3.63, 3.8) is 0 Å². The number of anilines is 1. The third-order valence-corrected chi connectivity index (χ3v) is 16.5. The summed E-state index contributed by atoms with van der Waals surface area (Å²) in [4.78, 5) is 15.4. The molecule has 0 radical (unpaired) electrons. The van der Waals surface area contributed by atoms with Gasteiger partial charge < -0.3 is 62.9 Å². The molecule has 0 aromatic heterocycles. The van der Waals surface area contributed by atoms with E-state index in [1.165, 1.54) is 0 Å². The summed E-state index contributed by atoms with van der Waals surface area (Å²) in [7, 11) is 13.0. The van der Waals surface area contributed by atoms with Gasteiger partial charge in [-0.25, -0.2) is 0 Å². The molecule has 16 nitrogen and oxygen atoms in total. The van der Waals surface area contributed by atoms with Crippen LogP contribution < -0.4 is 52.7 Å². The zero-order valence-corrected chi connectivity index (χ0v) is 55.2. The van der Waals surface area contributed by atoms with Crippen LogP contribution in [0.3, 0.4) is 0 Å². The Labute approximate surface area is 543 Å². The number of halogens is 2. The lowest BCUT2D eigenvalue weighted by Gasteiger charge is -2.22. The molecular weight excluding hydrogens is 1270 g/mol. The zero-order chi connectivity index (χ0) is 63.5. The number of rotatable bonds is 27. The van der Waals surface area contributed by atoms with Crippen LogP contribution >= 0.6 is 31.9 Å². The summed E-state index contributed by atoms with van der Waals surface area (Å²) >= 11 is 7.24. The number of methoxy groups -OCH3 is 8. The van der Waals surface area contributed by atoms with E-state index in [1.807, 2.05) is 121 Å². The van der Waals surface area contributed by atoms with Gasteiger partial charge in [-0.05, 0) is 147 Å². The SMILES string of the molecule is COc1ccc(OC)c(/C=N/c2cc3c(O)c(c2)Cc2cc(/N=C/c4cc(OC)ccc4OC)cc(c2OCCCCBr)Cc2cc(NCc4cc(OC)ccc4OC)cc(c2O)Cc2cc(/N=C/c4cc(OC)ccc4OC)cc(c2OCCCCBr)C3)c1. The molecule has 0 unspecified atom stereocenters. The van der Waals surface area contributed by atoms with Gasteiger partial charge in [0.05, 0.1) is 87.2 Å². The Hall–Kier alpha value is -8.87. The number of aliphatic imine (C=N–C) groups is 3. The lowest BCUT2D eigenvalue weighted by molar-refractivity contribution is 0.304. The largest absolute Gasteiger partial charge is 0.507 e. The number of hydrogen-bond acceptors (Lipinski definition) is 16. The second kappa shape index (κ2) is 32.0. The number of alkyl halides is 2. The minimum atomic E-state index is 0.0647. The van der Waals surface area contributed by atoms with E-state index in [0.717, 1.165) is 69.8 Å². The maximum absolute atomic E-state index is 13.1. The van der Waals surface area contributed by atoms with Crippen LogP contribution in [0.15, 0.2) is 136 Å². The van der Waals surface area contributed by atoms with Crippen LogP contribution in [-0.4, -0.2) is 110 Å². The first-order valence-electron chi connectivity index (χ1n) is 29.5. The Morgan fingerprint density at radius 1 is 0.389 bits per heavy atom. The van der Waals surface area contributed by atoms with Gasteiger partial charge in [0.25, 0.3) is 0 Å². The van der Waals surface area contributed by atoms with Gasteiger partial charge in [-0.3, -0.25) is 15.0 Å². The predicted octanol–water partition coefficient (Wildman–Crippen LogP) is 15.8. The number of unbranched alkanes of at least 4 members (excludes halogenated alkanes) is 2. The highest BCUT2D eigenvalue weighted by Crippen LogP contribution is 2.44. The first kappa shape index (κ1) is 65.6. The number of hydrogen-bond donors (Lipinski definition) is 3. The third-order valence-electron chi connectivity index (χ3n) is 15.4. The van der Waals surface area contributed by atoms with Crippen molar-refractivity contribution >= 4 is 73.3 Å². The third kappa shape index (κ3) is 16.5. The Morgan fingerprint density at radius 3 is 1.04 bits per heavy atom. The minimum Gasteiger partial charge on any atom is -0.507 e. The van der Waals surface area contributed by atoms with Crippen LogP contribution in [0.25, 0.3) is 0 Å². The molecule has 0 spiro atoms. The summed E-state index contributed by atoms with van der Waals surface area (Å²) in [6.45, 7) is 1.14. The van der Waals surface area contributed by atoms with Crippen molar-refractivity contribution in [1.82, 2.24) is 0 Å². The summed E-state index contributed by atoms with van der Waals surface area (Å²) in [5.41, 5.74) is 10.8. The van der Waals surface area contributed by atoms with Crippen molar-refractivity contribution in [3.8, 4) is 69.0 Å². The number of phenolic OH excluding ortho intramolecular Hbond substituents is 2. The van der Waals surface area contributed by atoms with E-state index in [-0.39, 0.29) is 37.2 Å². The Bertz CT molecular complexity index is 3710. The van der Waals surface area contributed by atoms with E-state index in [2.05, 4.69) is 37.2 Å². The maximum atomic E-state index is 13.1. The Morgan fingerprint density at radius 2 is 0.711 bits per heavy atom. The average Bonchev–Trinajstić information content (AvgIpc) is 1.74. The van der Waals surface area contributed by atoms with Crippen LogP contribution in [0, 0.1) is 0 Å². The summed E-state index contributed by atoms with van der Waals surface area (Å²) in [6.07, 6.45) is 9.23. The fourth-order valence-corrected chi connectivity index (χ4v) is 11.6. The van der Waals surface area contributed by atoms with E-state index in [1.54, 1.807) is 75.5 Å². The number of nitrogens with zero attached hydrogens (tertiary/aromatic N) is 3. The van der Waals surface area contributed by atoms with Gasteiger partial charge in [0, 0.05) is 134 Å². The molecule has 3 N–H and O–H groups in total. The van der Waals surface area contributed by atoms with Crippen molar-refractivity contribution in [2.45, 2.75) is 57.9 Å². The molecule has 18 heteroatoms. The van der Waals surface area contributed by atoms with Crippen molar-refractivity contribution in [3.05, 3.63) is 188 Å². The van der Waals surface area contributed by atoms with Gasteiger partial charge in [-0.2, -0.15) is 0 Å². The maximum Gasteiger partial charge on any atom is 0.127 e. The standard InChI is InChI=1S/C72H76Br2N4O12/c1-81-61-13-17-65(85-5)53(37-61)41-75-57-29-45-25-49-33-59(77-43-55-39-63(83-3)15-19-67(55)87-7)35-51(71(49)89-23-11-9-21-73)27-47-31-58(76-42-54-38-62(82-2)14-18-66(54)86-6)32-48(70(47)80)28-52-36-60(78-44-56-40-64(84-4)16-20-68(56)88-8)34-50(26-46(30-57)69(45)79)72(52)90-24-12-10-22-74/h13-20,29-41,43-44,76,79-80H,9-12,21-28,42H2,1-8H3/b75-41+,77-43+,78-44+. The molecule has 1 aliphatic rings. The molecule has 0 amide bonds. The molecule has 0 heterocycles. The lowest BCUT2D eigenvalue weighted by Crippen LogP contribution is -2.09. The molecule has 470 valence electrons. The zero-order valence-electron chi connectivity index (χ0n) is 52.0. The highest BCUT2D eigenvalue weighted by atomic mass is 79.9. The fraction of sp³-hybridized carbons (Fsp3) is 0.292. The molecule has 0 saturated heterocycles. The smallest absolute Gasteiger partial charge is 0.127 e. The van der Waals surface area contributed by atoms with Gasteiger partial charge in [0.2, 0.25) is 0 Å². The van der Waals surface area contributed by atoms with Crippen LogP contribution in [0.4, 0.5) is 22.7 Å². The average molecular weight is 1350 g/mol. The van der Waals surface area contributed by atoms with Crippen molar-refractivity contribution in [2.75, 3.05) is 86.1 Å². The molecule has 1 aliphatic carbocycles. The van der Waals surface area contributed by atoms with E-state index in [4.69, 9.17) is 62.3 Å². The van der Waals surface area contributed by atoms with E-state index >= 15 is 0 Å². The van der Waals surface area contributed by atoms with Gasteiger partial charge in [-0.1, -0.05) is 31.9 Å². The van der Waals surface area contributed by atoms with Crippen molar-refractivity contribution in [1.29, 1.82) is 0 Å². The number of benzene rings is 8. The van der Waals surface area contributed by atoms with Crippen LogP contribution in [0.5, 0.6) is 69.0 Å². The highest BCUT2D eigenvalue weighted by molar-refractivity contribution is 9.09. The van der Waals surface area contributed by atoms with Crippen LogP contribution in [0.1, 0.15) is 92.4 Å². The van der Waals surface area contributed by atoms with E-state index in [0.29, 0.717) is 133 Å². The molecule has 0 atom stereocenters. The number of ether oxygens (including phenoxy) is 10. The summed E-state index contributed by atoms with van der Waals surface area (Å²) in [5.74, 6) is 6.46. The molecule has 9 rings (SSSR count). The highest BCUT2D eigenvalue weighted by Gasteiger charge is 2.24. The summed E-state index contributed by atoms with van der Waals surface area (Å²) in [6, 6.07) is 38.0. The summed E-state index contributed by atoms with van der Waals surface area (Å²) < 4.78 is 59.6. The summed E-state index contributed by atoms with van der Waals surface area (Å²) in [5, 5.41) is 31.4. The minimum absolute atomic E-state index is 0.0647. The molecule has 8 aromatic carbocycles. The first-order chi connectivity index (χ1) is 43.9. The molecule has 90 heavy (non-hydrogen) atoms. The van der Waals surface area contributed by atoms with Crippen molar-refractivity contribution in [2.24, 2.45) is 15.0 Å². The van der Waals surface area contributed by atoms with E-state index in [9.17, 15) is 10.2 Å². The molecule has 0 fully saturated rings. The number of fused-ring (bicyclic) bond motifs is 8. The molecular formula is C72H76Br2N4O12. The van der Waals surface area contributed by atoms with E-state index < -0.39 is 0 Å². The van der Waals surface area contributed by atoms with Gasteiger partial charge in [0.15, 0.2) is 0 Å². The topological polar surface area (TPSA) is 182 Å². The first-order valence-corrected chi connectivity index (χ1v) is 31.8. The van der Waals surface area contributed by atoms with Crippen molar-refractivity contribution < 1.29 is 57.6 Å². The molecule has 0 saturated carbocycles. The van der Waals surface area contributed by atoms with Gasteiger partial charge in [0.1, 0.15) is 69.0 Å². The second-order valence-corrected chi connectivity index (χ2v) is 22.9. The number of nitrogens with one attached hydrogen (secondary N) is 1. The molecule has 8 aromatic rings. The second-order valence-electron chi connectivity index (χ2n) is 21.3. The number of phenols is 2. The van der Waals surface area contributed by atoms with Crippen LogP contribution in [0.2, 0.25) is 0 Å². The fourth-order valence-electron chi connectivity index (χ4n) is 10.8. The molecule has 0 aliphatic heterocycles. The quantitative estimate of drug-likeness (QED) is 0.0192.